The van der Waals surface area contributed by atoms with Gasteiger partial charge in [0, 0.05) is 43.1 Å². The molecule has 0 unspecified atom stereocenters. The summed E-state index contributed by atoms with van der Waals surface area (Å²) in [7, 11) is 0. The van der Waals surface area contributed by atoms with Gasteiger partial charge in [0.15, 0.2) is 0 Å². The molecule has 4 aromatic rings. The quantitative estimate of drug-likeness (QED) is 0.340. The first kappa shape index (κ1) is 25.5. The molecule has 10 heteroatoms. The van der Waals surface area contributed by atoms with Gasteiger partial charge in [-0.1, -0.05) is 41.6 Å². The molecule has 3 aromatic carbocycles. The Kier molecular flexibility index (Phi) is 7.69. The van der Waals surface area contributed by atoms with Gasteiger partial charge < -0.3 is 19.5 Å². The minimum Gasteiger partial charge on any atom is -0.411 e. The highest BCUT2D eigenvalue weighted by Gasteiger charge is 2.24. The van der Waals surface area contributed by atoms with Crippen LogP contribution in [-0.2, 0) is 4.79 Å². The second-order valence-electron chi connectivity index (χ2n) is 8.88. The van der Waals surface area contributed by atoms with Gasteiger partial charge in [0.25, 0.3) is 11.1 Å². The van der Waals surface area contributed by atoms with Crippen LogP contribution < -0.4 is 10.2 Å². The number of anilines is 2. The molecular formula is C28H26FN5O3S. The average Bonchev–Trinajstić information content (AvgIpc) is 3.42. The standard InChI is InChI=1S/C28H26FN5O3S/c1-19-6-8-20(9-7-19)26-31-32-28(37-26)38-18-25(35)30-21-10-12-22(13-11-21)33-14-16-34(17-15-33)27(36)23-4-2-3-5-24(23)29/h2-13H,14-18H2,1H3,(H,30,35). The summed E-state index contributed by atoms with van der Waals surface area (Å²) in [5, 5.41) is 11.3. The fraction of sp³-hybridized carbons (Fsp3) is 0.214. The van der Waals surface area contributed by atoms with Crippen LogP contribution >= 0.6 is 11.8 Å². The number of aromatic nitrogens is 2. The summed E-state index contributed by atoms with van der Waals surface area (Å²) in [4.78, 5) is 28.9. The molecule has 0 aliphatic carbocycles. The van der Waals surface area contributed by atoms with Crippen LogP contribution in [0.3, 0.4) is 0 Å². The molecule has 1 fully saturated rings. The van der Waals surface area contributed by atoms with Crippen molar-refractivity contribution in [2.24, 2.45) is 0 Å². The third-order valence-electron chi connectivity index (χ3n) is 6.22. The maximum Gasteiger partial charge on any atom is 0.277 e. The molecule has 0 atom stereocenters. The Bertz CT molecular complexity index is 1420. The molecule has 8 nitrogen and oxygen atoms in total. The minimum atomic E-state index is -0.500. The molecule has 1 aliphatic rings. The van der Waals surface area contributed by atoms with Crippen LogP contribution in [0.15, 0.2) is 82.4 Å². The summed E-state index contributed by atoms with van der Waals surface area (Å²) in [5.41, 5.74) is 3.74. The van der Waals surface area contributed by atoms with Crippen LogP contribution in [0.5, 0.6) is 0 Å². The zero-order valence-corrected chi connectivity index (χ0v) is 21.6. The summed E-state index contributed by atoms with van der Waals surface area (Å²) in [6.07, 6.45) is 0. The van der Waals surface area contributed by atoms with Gasteiger partial charge in [0.05, 0.1) is 11.3 Å². The predicted molar refractivity (Wildman–Crippen MR) is 145 cm³/mol. The van der Waals surface area contributed by atoms with Gasteiger partial charge in [-0.2, -0.15) is 0 Å². The van der Waals surface area contributed by atoms with Crippen LogP contribution in [0.1, 0.15) is 15.9 Å². The van der Waals surface area contributed by atoms with E-state index in [1.54, 1.807) is 17.0 Å². The largest absolute Gasteiger partial charge is 0.411 e. The van der Waals surface area contributed by atoms with Gasteiger partial charge in [-0.3, -0.25) is 9.59 Å². The third-order valence-corrected chi connectivity index (χ3v) is 7.04. The number of halogens is 1. The van der Waals surface area contributed by atoms with Crippen molar-refractivity contribution in [3.8, 4) is 11.5 Å². The SMILES string of the molecule is Cc1ccc(-c2nnc(SCC(=O)Nc3ccc(N4CCN(C(=O)c5ccccc5F)CC4)cc3)o2)cc1. The molecule has 194 valence electrons. The van der Waals surface area contributed by atoms with Gasteiger partial charge in [-0.15, -0.1) is 10.2 Å². The van der Waals surface area contributed by atoms with E-state index in [9.17, 15) is 14.0 Å². The lowest BCUT2D eigenvalue weighted by atomic mass is 10.1. The highest BCUT2D eigenvalue weighted by molar-refractivity contribution is 7.99. The predicted octanol–water partition coefficient (Wildman–Crippen LogP) is 4.88. The summed E-state index contributed by atoms with van der Waals surface area (Å²) in [5.74, 6) is -0.417. The highest BCUT2D eigenvalue weighted by atomic mass is 32.2. The summed E-state index contributed by atoms with van der Waals surface area (Å²) >= 11 is 1.18. The first-order valence-electron chi connectivity index (χ1n) is 12.2. The molecule has 5 rings (SSSR count). The van der Waals surface area contributed by atoms with Crippen molar-refractivity contribution in [2.75, 3.05) is 42.1 Å². The molecule has 1 aromatic heterocycles. The van der Waals surface area contributed by atoms with E-state index in [4.69, 9.17) is 4.42 Å². The maximum absolute atomic E-state index is 14.0. The lowest BCUT2D eigenvalue weighted by Gasteiger charge is -2.36. The third kappa shape index (κ3) is 6.03. The fourth-order valence-corrected chi connectivity index (χ4v) is 4.70. The van der Waals surface area contributed by atoms with E-state index >= 15 is 0 Å². The highest BCUT2D eigenvalue weighted by Crippen LogP contribution is 2.24. The number of nitrogens with zero attached hydrogens (tertiary/aromatic N) is 4. The zero-order valence-electron chi connectivity index (χ0n) is 20.8. The van der Waals surface area contributed by atoms with Crippen molar-refractivity contribution in [2.45, 2.75) is 12.1 Å². The van der Waals surface area contributed by atoms with Crippen LogP contribution in [0, 0.1) is 12.7 Å². The van der Waals surface area contributed by atoms with Gasteiger partial charge in [0.1, 0.15) is 5.82 Å². The lowest BCUT2D eigenvalue weighted by molar-refractivity contribution is -0.113. The number of rotatable bonds is 7. The zero-order chi connectivity index (χ0) is 26.5. The molecule has 2 amide bonds. The van der Waals surface area contributed by atoms with Crippen molar-refractivity contribution in [1.29, 1.82) is 0 Å². The Morgan fingerprint density at radius 2 is 1.66 bits per heavy atom. The van der Waals surface area contributed by atoms with Gasteiger partial charge in [-0.05, 0) is 55.5 Å². The van der Waals surface area contributed by atoms with Crippen LogP contribution in [0.2, 0.25) is 0 Å². The summed E-state index contributed by atoms with van der Waals surface area (Å²) in [6, 6.07) is 21.4. The number of hydrogen-bond acceptors (Lipinski definition) is 7. The molecule has 2 heterocycles. The monoisotopic (exact) mass is 531 g/mol. The second kappa shape index (κ2) is 11.5. The number of carbonyl (C=O) groups excluding carboxylic acids is 2. The first-order chi connectivity index (χ1) is 18.5. The van der Waals surface area contributed by atoms with Gasteiger partial charge in [-0.25, -0.2) is 4.39 Å². The number of thioether (sulfide) groups is 1. The molecule has 1 aliphatic heterocycles. The number of carbonyl (C=O) groups is 2. The maximum atomic E-state index is 14.0. The second-order valence-corrected chi connectivity index (χ2v) is 9.81. The van der Waals surface area contributed by atoms with Crippen molar-refractivity contribution in [3.05, 3.63) is 89.7 Å². The number of aryl methyl sites for hydroxylation is 1. The Balaban J connectivity index is 1.09. The van der Waals surface area contributed by atoms with E-state index < -0.39 is 5.82 Å². The topological polar surface area (TPSA) is 91.6 Å². The number of hydrogen-bond donors (Lipinski definition) is 1. The van der Waals surface area contributed by atoms with Gasteiger partial charge >= 0.3 is 0 Å². The van der Waals surface area contributed by atoms with E-state index in [0.717, 1.165) is 16.8 Å². The molecule has 0 saturated carbocycles. The van der Waals surface area contributed by atoms with Crippen LogP contribution in [0.25, 0.3) is 11.5 Å². The van der Waals surface area contributed by atoms with E-state index in [2.05, 4.69) is 20.4 Å². The number of amides is 2. The summed E-state index contributed by atoms with van der Waals surface area (Å²) in [6.45, 7) is 4.29. The minimum absolute atomic E-state index is 0.102. The number of benzene rings is 3. The van der Waals surface area contributed by atoms with Crippen LogP contribution in [0.4, 0.5) is 15.8 Å². The molecular weight excluding hydrogens is 505 g/mol. The van der Waals surface area contributed by atoms with E-state index in [1.807, 2.05) is 55.5 Å². The molecule has 0 spiro atoms. The first-order valence-corrected chi connectivity index (χ1v) is 13.2. The van der Waals surface area contributed by atoms with Crippen molar-refractivity contribution in [1.82, 2.24) is 15.1 Å². The Labute approximate surface area is 223 Å². The normalized spacial score (nSPS) is 13.4. The Morgan fingerprint density at radius 3 is 2.37 bits per heavy atom. The smallest absolute Gasteiger partial charge is 0.277 e. The molecule has 1 N–H and O–H groups in total. The Hall–Kier alpha value is -4.18. The van der Waals surface area contributed by atoms with E-state index in [0.29, 0.717) is 43.0 Å². The fourth-order valence-electron chi connectivity index (χ4n) is 4.13. The molecule has 38 heavy (non-hydrogen) atoms. The molecule has 0 bridgehead atoms. The van der Waals surface area contributed by atoms with Crippen molar-refractivity contribution in [3.63, 3.8) is 0 Å². The summed E-state index contributed by atoms with van der Waals surface area (Å²) < 4.78 is 19.6. The molecule has 1 saturated heterocycles. The molecule has 0 radical (unpaired) electrons. The lowest BCUT2D eigenvalue weighted by Crippen LogP contribution is -2.49. The van der Waals surface area contributed by atoms with Crippen molar-refractivity contribution >= 4 is 35.0 Å². The van der Waals surface area contributed by atoms with Gasteiger partial charge in [0.2, 0.25) is 11.8 Å². The van der Waals surface area contributed by atoms with Crippen LogP contribution in [-0.4, -0.2) is 58.8 Å². The Morgan fingerprint density at radius 1 is 0.947 bits per heavy atom. The average molecular weight is 532 g/mol. The van der Waals surface area contributed by atoms with Crippen molar-refractivity contribution < 1.29 is 18.4 Å². The number of nitrogens with one attached hydrogen (secondary N) is 1. The van der Waals surface area contributed by atoms with E-state index in [-0.39, 0.29) is 23.1 Å². The van der Waals surface area contributed by atoms with E-state index in [1.165, 1.54) is 23.9 Å². The number of piperazine rings is 1.